The van der Waals surface area contributed by atoms with Crippen LogP contribution >= 0.6 is 0 Å². The van der Waals surface area contributed by atoms with Crippen molar-refractivity contribution in [2.45, 2.75) is 0 Å². The molecule has 3 aromatic heterocycles. The largest absolute Gasteiger partial charge is 0.265 e. The maximum Gasteiger partial charge on any atom is 0.0971 e. The number of fused-ring (bicyclic) bond motifs is 1. The molecule has 0 fully saturated rings. The first-order valence-electron chi connectivity index (χ1n) is 6.98. The molecule has 0 aliphatic rings. The highest BCUT2D eigenvalue weighted by Crippen LogP contribution is 2.32. The highest BCUT2D eigenvalue weighted by atomic mass is 14.8. The lowest BCUT2D eigenvalue weighted by Gasteiger charge is -2.09. The van der Waals surface area contributed by atoms with Gasteiger partial charge in [-0.3, -0.25) is 19.9 Å². The molecular weight excluding hydrogens is 272 g/mol. The maximum atomic E-state index is 4.55. The summed E-state index contributed by atoms with van der Waals surface area (Å²) in [6.07, 6.45) is 10.6. The van der Waals surface area contributed by atoms with Crippen LogP contribution in [0.4, 0.5) is 0 Å². The number of benzene rings is 1. The monoisotopic (exact) mass is 284 g/mol. The fourth-order valence-corrected chi connectivity index (χ4v) is 2.59. The molecule has 104 valence electrons. The molecule has 0 saturated carbocycles. The predicted molar refractivity (Wildman–Crippen MR) is 86.0 cm³/mol. The van der Waals surface area contributed by atoms with E-state index in [-0.39, 0.29) is 0 Å². The van der Waals surface area contributed by atoms with Gasteiger partial charge in [-0.1, -0.05) is 12.1 Å². The average molecular weight is 284 g/mol. The summed E-state index contributed by atoms with van der Waals surface area (Å²) in [5.41, 5.74) is 6.07. The zero-order valence-electron chi connectivity index (χ0n) is 11.7. The number of nitrogens with zero attached hydrogens (tertiary/aromatic N) is 4. The van der Waals surface area contributed by atoms with Gasteiger partial charge in [0.25, 0.3) is 0 Å². The van der Waals surface area contributed by atoms with Gasteiger partial charge in [0.1, 0.15) is 0 Å². The van der Waals surface area contributed by atoms with E-state index in [0.717, 1.165) is 33.3 Å². The van der Waals surface area contributed by atoms with Gasteiger partial charge < -0.3 is 0 Å². The van der Waals surface area contributed by atoms with E-state index in [1.54, 1.807) is 37.2 Å². The molecule has 0 bridgehead atoms. The Morgan fingerprint density at radius 2 is 0.864 bits per heavy atom. The standard InChI is InChI=1S/C18H12N4/c1-2-16(14-5-9-20-10-6-14)18-17(21-11-12-22-18)15(1)13-3-7-19-8-4-13/h1-12H. The van der Waals surface area contributed by atoms with E-state index >= 15 is 0 Å². The molecule has 0 amide bonds. The fourth-order valence-electron chi connectivity index (χ4n) is 2.59. The number of hydrogen-bond donors (Lipinski definition) is 0. The molecule has 4 nitrogen and oxygen atoms in total. The topological polar surface area (TPSA) is 51.6 Å². The molecule has 22 heavy (non-hydrogen) atoms. The molecule has 4 rings (SSSR count). The summed E-state index contributed by atoms with van der Waals surface area (Å²) in [5, 5.41) is 0. The van der Waals surface area contributed by atoms with E-state index in [9.17, 15) is 0 Å². The third-order valence-corrected chi connectivity index (χ3v) is 3.61. The van der Waals surface area contributed by atoms with Gasteiger partial charge in [0, 0.05) is 48.3 Å². The first kappa shape index (κ1) is 12.6. The van der Waals surface area contributed by atoms with Crippen LogP contribution in [0.3, 0.4) is 0 Å². The van der Waals surface area contributed by atoms with Gasteiger partial charge >= 0.3 is 0 Å². The molecule has 0 saturated heterocycles. The van der Waals surface area contributed by atoms with Gasteiger partial charge in [-0.25, -0.2) is 0 Å². The molecule has 3 heterocycles. The highest BCUT2D eigenvalue weighted by molar-refractivity contribution is 6.00. The lowest BCUT2D eigenvalue weighted by molar-refractivity contribution is 1.28. The minimum Gasteiger partial charge on any atom is -0.265 e. The van der Waals surface area contributed by atoms with Crippen LogP contribution in [-0.4, -0.2) is 19.9 Å². The van der Waals surface area contributed by atoms with Crippen molar-refractivity contribution in [1.29, 1.82) is 0 Å². The second-order valence-corrected chi connectivity index (χ2v) is 4.89. The van der Waals surface area contributed by atoms with Crippen molar-refractivity contribution in [3.05, 3.63) is 73.6 Å². The molecule has 0 aliphatic carbocycles. The van der Waals surface area contributed by atoms with E-state index in [2.05, 4.69) is 32.1 Å². The lowest BCUT2D eigenvalue weighted by Crippen LogP contribution is -1.91. The highest BCUT2D eigenvalue weighted by Gasteiger charge is 2.11. The van der Waals surface area contributed by atoms with Gasteiger partial charge in [-0.2, -0.15) is 0 Å². The molecule has 4 heteroatoms. The minimum absolute atomic E-state index is 0.892. The number of pyridine rings is 2. The van der Waals surface area contributed by atoms with Crippen LogP contribution in [0.25, 0.3) is 33.3 Å². The number of hydrogen-bond acceptors (Lipinski definition) is 4. The fraction of sp³-hybridized carbons (Fsp3) is 0. The van der Waals surface area contributed by atoms with Crippen molar-refractivity contribution < 1.29 is 0 Å². The van der Waals surface area contributed by atoms with Crippen LogP contribution in [0.1, 0.15) is 0 Å². The maximum absolute atomic E-state index is 4.55. The number of rotatable bonds is 2. The molecule has 0 atom stereocenters. The smallest absolute Gasteiger partial charge is 0.0971 e. The normalized spacial score (nSPS) is 10.7. The molecule has 1 aromatic carbocycles. The Hall–Kier alpha value is -3.14. The van der Waals surface area contributed by atoms with Crippen molar-refractivity contribution in [3.63, 3.8) is 0 Å². The second kappa shape index (κ2) is 5.33. The summed E-state index contributed by atoms with van der Waals surface area (Å²) in [6.45, 7) is 0. The van der Waals surface area contributed by atoms with Crippen LogP contribution in [0.2, 0.25) is 0 Å². The van der Waals surface area contributed by atoms with Gasteiger partial charge in [-0.15, -0.1) is 0 Å². The Morgan fingerprint density at radius 1 is 0.455 bits per heavy atom. The summed E-state index contributed by atoms with van der Waals surface area (Å²) in [7, 11) is 0. The lowest BCUT2D eigenvalue weighted by atomic mass is 9.98. The van der Waals surface area contributed by atoms with Crippen molar-refractivity contribution in [2.75, 3.05) is 0 Å². The predicted octanol–water partition coefficient (Wildman–Crippen LogP) is 3.75. The average Bonchev–Trinajstić information content (AvgIpc) is 2.62. The Bertz CT molecular complexity index is 843. The van der Waals surface area contributed by atoms with Crippen LogP contribution < -0.4 is 0 Å². The van der Waals surface area contributed by atoms with Crippen LogP contribution in [-0.2, 0) is 0 Å². The first-order valence-corrected chi connectivity index (χ1v) is 6.98. The molecule has 0 unspecified atom stereocenters. The van der Waals surface area contributed by atoms with Gasteiger partial charge in [0.05, 0.1) is 11.0 Å². The van der Waals surface area contributed by atoms with E-state index < -0.39 is 0 Å². The molecule has 0 N–H and O–H groups in total. The third-order valence-electron chi connectivity index (χ3n) is 3.61. The Kier molecular flexibility index (Phi) is 3.05. The van der Waals surface area contributed by atoms with E-state index in [1.807, 2.05) is 24.3 Å². The minimum atomic E-state index is 0.892. The summed E-state index contributed by atoms with van der Waals surface area (Å²) in [5.74, 6) is 0. The first-order chi connectivity index (χ1) is 10.9. The zero-order chi connectivity index (χ0) is 14.8. The summed E-state index contributed by atoms with van der Waals surface area (Å²) in [4.78, 5) is 17.2. The van der Waals surface area contributed by atoms with Crippen LogP contribution in [0.15, 0.2) is 73.6 Å². The molecular formula is C18H12N4. The Labute approximate surface area is 127 Å². The van der Waals surface area contributed by atoms with Gasteiger partial charge in [-0.05, 0) is 35.4 Å². The van der Waals surface area contributed by atoms with E-state index in [1.165, 1.54) is 0 Å². The Balaban J connectivity index is 2.01. The molecule has 0 aliphatic heterocycles. The SMILES string of the molecule is c1cc(-c2ccc(-c3ccncc3)c3nccnc23)ccn1. The Morgan fingerprint density at radius 3 is 1.27 bits per heavy atom. The quantitative estimate of drug-likeness (QED) is 0.562. The van der Waals surface area contributed by atoms with Gasteiger partial charge in [0.2, 0.25) is 0 Å². The third kappa shape index (κ3) is 2.11. The van der Waals surface area contributed by atoms with Crippen LogP contribution in [0.5, 0.6) is 0 Å². The molecule has 0 spiro atoms. The summed E-state index contributed by atoms with van der Waals surface area (Å²) in [6, 6.07) is 12.1. The van der Waals surface area contributed by atoms with Crippen molar-refractivity contribution in [2.24, 2.45) is 0 Å². The second-order valence-electron chi connectivity index (χ2n) is 4.89. The van der Waals surface area contributed by atoms with Crippen LogP contribution in [0, 0.1) is 0 Å². The van der Waals surface area contributed by atoms with Crippen molar-refractivity contribution >= 4 is 11.0 Å². The van der Waals surface area contributed by atoms with Crippen molar-refractivity contribution in [1.82, 2.24) is 19.9 Å². The van der Waals surface area contributed by atoms with Gasteiger partial charge in [0.15, 0.2) is 0 Å². The zero-order valence-corrected chi connectivity index (χ0v) is 11.7. The van der Waals surface area contributed by atoms with Crippen molar-refractivity contribution in [3.8, 4) is 22.3 Å². The summed E-state index contributed by atoms with van der Waals surface area (Å²) < 4.78 is 0. The molecule has 0 radical (unpaired) electrons. The molecule has 4 aromatic rings. The summed E-state index contributed by atoms with van der Waals surface area (Å²) >= 11 is 0. The number of aromatic nitrogens is 4. The van der Waals surface area contributed by atoms with E-state index in [4.69, 9.17) is 0 Å². The van der Waals surface area contributed by atoms with E-state index in [0.29, 0.717) is 0 Å².